The molecule has 0 aliphatic heterocycles. The van der Waals surface area contributed by atoms with Gasteiger partial charge in [-0.05, 0) is 30.3 Å². The van der Waals surface area contributed by atoms with E-state index >= 15 is 0 Å². The summed E-state index contributed by atoms with van der Waals surface area (Å²) in [6.45, 7) is 2.03. The fourth-order valence-electron chi connectivity index (χ4n) is 1.57. The Hall–Kier alpha value is -2.21. The Kier molecular flexibility index (Phi) is 2.65. The van der Waals surface area contributed by atoms with E-state index in [9.17, 15) is 0 Å². The van der Waals surface area contributed by atoms with E-state index in [1.807, 2.05) is 25.1 Å². The molecule has 1 aromatic carbocycles. The van der Waals surface area contributed by atoms with Gasteiger partial charge in [0.1, 0.15) is 11.5 Å². The average Bonchev–Trinajstić information content (AvgIpc) is 2.77. The van der Waals surface area contributed by atoms with Crippen LogP contribution in [-0.2, 0) is 6.42 Å². The van der Waals surface area contributed by atoms with E-state index in [0.717, 1.165) is 23.5 Å². The van der Waals surface area contributed by atoms with Gasteiger partial charge in [-0.1, -0.05) is 6.92 Å². The molecule has 0 unspecified atom stereocenters. The van der Waals surface area contributed by atoms with Crippen LogP contribution in [0.1, 0.15) is 18.2 Å². The zero-order chi connectivity index (χ0) is 11.5. The summed E-state index contributed by atoms with van der Waals surface area (Å²) in [4.78, 5) is 0. The Bertz CT molecular complexity index is 549. The number of nitrogen functional groups attached to an aromatic ring is 1. The van der Waals surface area contributed by atoms with Crippen LogP contribution in [0.15, 0.2) is 34.7 Å². The maximum absolute atomic E-state index is 8.74. The van der Waals surface area contributed by atoms with E-state index in [1.165, 1.54) is 0 Å². The van der Waals surface area contributed by atoms with E-state index in [-0.39, 0.29) is 0 Å². The van der Waals surface area contributed by atoms with Gasteiger partial charge in [0.25, 0.3) is 0 Å². The van der Waals surface area contributed by atoms with Crippen molar-refractivity contribution in [3.63, 3.8) is 0 Å². The van der Waals surface area contributed by atoms with Crippen LogP contribution in [0.5, 0.6) is 0 Å². The van der Waals surface area contributed by atoms with Gasteiger partial charge in [-0.2, -0.15) is 5.26 Å². The van der Waals surface area contributed by atoms with Gasteiger partial charge < -0.3 is 10.2 Å². The summed E-state index contributed by atoms with van der Waals surface area (Å²) in [6.07, 6.45) is 0.857. The molecular weight excluding hydrogens is 200 g/mol. The molecule has 0 aliphatic rings. The molecule has 1 heterocycles. The molecule has 0 fully saturated rings. The predicted octanol–water partition coefficient (Wildman–Crippen LogP) is 2.96. The summed E-state index contributed by atoms with van der Waals surface area (Å²) in [5.74, 6) is 1.68. The van der Waals surface area contributed by atoms with Crippen molar-refractivity contribution in [2.75, 3.05) is 5.73 Å². The number of aryl methyl sites for hydroxylation is 1. The van der Waals surface area contributed by atoms with Gasteiger partial charge in [0.15, 0.2) is 0 Å². The highest BCUT2D eigenvalue weighted by Crippen LogP contribution is 2.28. The number of benzene rings is 1. The van der Waals surface area contributed by atoms with E-state index < -0.39 is 0 Å². The van der Waals surface area contributed by atoms with Crippen molar-refractivity contribution in [3.05, 3.63) is 41.7 Å². The van der Waals surface area contributed by atoms with Crippen LogP contribution in [0.25, 0.3) is 11.3 Å². The van der Waals surface area contributed by atoms with Crippen LogP contribution in [0, 0.1) is 11.3 Å². The van der Waals surface area contributed by atoms with Gasteiger partial charge in [0.2, 0.25) is 0 Å². The molecule has 0 radical (unpaired) electrons. The number of hydrogen-bond donors (Lipinski definition) is 1. The number of nitrogens with zero attached hydrogens (tertiary/aromatic N) is 1. The first-order valence-corrected chi connectivity index (χ1v) is 5.13. The SMILES string of the molecule is CCc1ccc(-c2ccc(C#N)cc2N)o1. The van der Waals surface area contributed by atoms with Crippen LogP contribution < -0.4 is 5.73 Å². The van der Waals surface area contributed by atoms with Crippen LogP contribution in [-0.4, -0.2) is 0 Å². The Labute approximate surface area is 94.1 Å². The lowest BCUT2D eigenvalue weighted by atomic mass is 10.1. The molecule has 0 atom stereocenters. The number of hydrogen-bond acceptors (Lipinski definition) is 3. The lowest BCUT2D eigenvalue weighted by Crippen LogP contribution is -1.90. The molecule has 0 amide bonds. The number of nitrogens with two attached hydrogens (primary N) is 1. The largest absolute Gasteiger partial charge is 0.461 e. The van der Waals surface area contributed by atoms with Crippen molar-refractivity contribution in [1.82, 2.24) is 0 Å². The van der Waals surface area contributed by atoms with E-state index in [4.69, 9.17) is 15.4 Å². The second-order valence-corrected chi connectivity index (χ2v) is 3.53. The molecule has 2 rings (SSSR count). The summed E-state index contributed by atoms with van der Waals surface area (Å²) in [7, 11) is 0. The van der Waals surface area contributed by atoms with Crippen molar-refractivity contribution in [3.8, 4) is 17.4 Å². The smallest absolute Gasteiger partial charge is 0.136 e. The third-order valence-corrected chi connectivity index (χ3v) is 2.46. The fourth-order valence-corrected chi connectivity index (χ4v) is 1.57. The Morgan fingerprint density at radius 3 is 2.69 bits per heavy atom. The first-order valence-electron chi connectivity index (χ1n) is 5.13. The lowest BCUT2D eigenvalue weighted by molar-refractivity contribution is 0.529. The Morgan fingerprint density at radius 2 is 2.12 bits per heavy atom. The molecule has 0 saturated heterocycles. The topological polar surface area (TPSA) is 63.0 Å². The minimum atomic E-state index is 0.559. The molecule has 80 valence electrons. The maximum Gasteiger partial charge on any atom is 0.136 e. The van der Waals surface area contributed by atoms with Gasteiger partial charge in [-0.25, -0.2) is 0 Å². The molecular formula is C13H12N2O. The molecule has 2 N–H and O–H groups in total. The standard InChI is InChI=1S/C13H12N2O/c1-2-10-4-6-13(16-10)11-5-3-9(8-14)7-12(11)15/h3-7H,2,15H2,1H3. The zero-order valence-electron chi connectivity index (χ0n) is 9.03. The second kappa shape index (κ2) is 4.11. The summed E-state index contributed by atoms with van der Waals surface area (Å²) in [5.41, 5.74) is 7.83. The molecule has 0 saturated carbocycles. The van der Waals surface area contributed by atoms with Gasteiger partial charge in [0.05, 0.1) is 11.6 Å². The normalized spacial score (nSPS) is 10.0. The number of anilines is 1. The third kappa shape index (κ3) is 1.78. The Morgan fingerprint density at radius 1 is 1.31 bits per heavy atom. The highest BCUT2D eigenvalue weighted by Gasteiger charge is 2.07. The molecule has 16 heavy (non-hydrogen) atoms. The number of rotatable bonds is 2. The van der Waals surface area contributed by atoms with Crippen LogP contribution in [0.2, 0.25) is 0 Å². The van der Waals surface area contributed by atoms with E-state index in [1.54, 1.807) is 12.1 Å². The van der Waals surface area contributed by atoms with Crippen LogP contribution in [0.3, 0.4) is 0 Å². The molecule has 0 aliphatic carbocycles. The first kappa shape index (κ1) is 10.3. The number of nitriles is 1. The van der Waals surface area contributed by atoms with Crippen molar-refractivity contribution in [2.45, 2.75) is 13.3 Å². The molecule has 0 spiro atoms. The predicted molar refractivity (Wildman–Crippen MR) is 62.6 cm³/mol. The second-order valence-electron chi connectivity index (χ2n) is 3.53. The molecule has 0 bridgehead atoms. The van der Waals surface area contributed by atoms with Gasteiger partial charge in [-0.15, -0.1) is 0 Å². The van der Waals surface area contributed by atoms with Gasteiger partial charge in [-0.3, -0.25) is 0 Å². The van der Waals surface area contributed by atoms with Crippen molar-refractivity contribution >= 4 is 5.69 Å². The van der Waals surface area contributed by atoms with Crippen molar-refractivity contribution < 1.29 is 4.42 Å². The van der Waals surface area contributed by atoms with E-state index in [2.05, 4.69) is 6.07 Å². The summed E-state index contributed by atoms with van der Waals surface area (Å²) in [5, 5.41) is 8.74. The first-order chi connectivity index (χ1) is 7.74. The van der Waals surface area contributed by atoms with Gasteiger partial charge in [0, 0.05) is 17.7 Å². The highest BCUT2D eigenvalue weighted by atomic mass is 16.3. The van der Waals surface area contributed by atoms with Crippen LogP contribution in [0.4, 0.5) is 5.69 Å². The summed E-state index contributed by atoms with van der Waals surface area (Å²) < 4.78 is 5.61. The lowest BCUT2D eigenvalue weighted by Gasteiger charge is -2.02. The average molecular weight is 212 g/mol. The molecule has 2 aromatic rings. The maximum atomic E-state index is 8.74. The third-order valence-electron chi connectivity index (χ3n) is 2.46. The van der Waals surface area contributed by atoms with Crippen molar-refractivity contribution in [2.24, 2.45) is 0 Å². The van der Waals surface area contributed by atoms with Crippen molar-refractivity contribution in [1.29, 1.82) is 5.26 Å². The minimum absolute atomic E-state index is 0.559. The van der Waals surface area contributed by atoms with E-state index in [0.29, 0.717) is 11.3 Å². The minimum Gasteiger partial charge on any atom is -0.461 e. The summed E-state index contributed by atoms with van der Waals surface area (Å²) in [6, 6.07) is 11.1. The number of furan rings is 1. The highest BCUT2D eigenvalue weighted by molar-refractivity contribution is 5.74. The fraction of sp³-hybridized carbons (Fsp3) is 0.154. The quantitative estimate of drug-likeness (QED) is 0.778. The van der Waals surface area contributed by atoms with Gasteiger partial charge >= 0.3 is 0 Å². The molecule has 3 heteroatoms. The molecule has 1 aromatic heterocycles. The Balaban J connectivity index is 2.45. The van der Waals surface area contributed by atoms with Crippen LogP contribution >= 0.6 is 0 Å². The zero-order valence-corrected chi connectivity index (χ0v) is 9.03. The summed E-state index contributed by atoms with van der Waals surface area (Å²) >= 11 is 0. The monoisotopic (exact) mass is 212 g/mol. The molecule has 3 nitrogen and oxygen atoms in total.